The number of carbonyl (C=O) groups is 1. The minimum absolute atomic E-state index is 0.108. The fraction of sp³-hybridized carbons (Fsp3) is 0.222. The average Bonchev–Trinajstić information content (AvgIpc) is 2.21. The Hall–Kier alpha value is -1.24. The number of hydrogen-bond acceptors (Lipinski definition) is 3. The minimum atomic E-state index is -3.13. The molecule has 0 unspecified atom stereocenters. The summed E-state index contributed by atoms with van der Waals surface area (Å²) in [4.78, 5) is 11.1. The van der Waals surface area contributed by atoms with Crippen LogP contribution in [-0.4, -0.2) is 19.7 Å². The molecule has 0 saturated heterocycles. The molecule has 7 heteroatoms. The molecule has 0 aliphatic heterocycles. The second kappa shape index (κ2) is 5.20. The lowest BCUT2D eigenvalue weighted by Crippen LogP contribution is -2.07. The molecule has 0 amide bonds. The Morgan fingerprint density at radius 2 is 2.06 bits per heavy atom. The van der Waals surface area contributed by atoms with Gasteiger partial charge in [-0.3, -0.25) is 0 Å². The van der Waals surface area contributed by atoms with Crippen molar-refractivity contribution in [2.24, 2.45) is 0 Å². The molecule has 1 rings (SSSR count). The Morgan fingerprint density at radius 1 is 1.44 bits per heavy atom. The number of carbonyl (C=O) groups excluding carboxylic acids is 1. The summed E-state index contributed by atoms with van der Waals surface area (Å²) in [5, 5.41) is 0. The van der Waals surface area contributed by atoms with Crippen molar-refractivity contribution < 1.29 is 27.4 Å². The number of halogens is 4. The van der Waals surface area contributed by atoms with E-state index in [1.54, 1.807) is 0 Å². The number of benzene rings is 1. The molecule has 0 heterocycles. The van der Waals surface area contributed by atoms with Gasteiger partial charge in [0.2, 0.25) is 0 Å². The molecule has 0 fully saturated rings. The topological polar surface area (TPSA) is 35.5 Å². The zero-order valence-electron chi connectivity index (χ0n) is 7.97. The Morgan fingerprint density at radius 3 is 2.56 bits per heavy atom. The predicted octanol–water partition coefficient (Wildman–Crippen LogP) is 2.98. The van der Waals surface area contributed by atoms with Crippen LogP contribution in [0.25, 0.3) is 0 Å². The molecule has 16 heavy (non-hydrogen) atoms. The van der Waals surface area contributed by atoms with Gasteiger partial charge in [0.25, 0.3) is 0 Å². The molecule has 1 aromatic rings. The SMILES string of the molecule is COC(=O)c1cc(F)c(OC(F)F)cc1Br. The molecule has 1 aromatic carbocycles. The van der Waals surface area contributed by atoms with Crippen molar-refractivity contribution >= 4 is 21.9 Å². The van der Waals surface area contributed by atoms with Crippen molar-refractivity contribution in [2.75, 3.05) is 7.11 Å². The molecule has 0 spiro atoms. The maximum absolute atomic E-state index is 13.2. The second-order valence-electron chi connectivity index (χ2n) is 2.63. The molecular weight excluding hydrogens is 293 g/mol. The fourth-order valence-corrected chi connectivity index (χ4v) is 1.47. The van der Waals surface area contributed by atoms with E-state index in [1.807, 2.05) is 0 Å². The maximum atomic E-state index is 13.2. The molecule has 0 aromatic heterocycles. The smallest absolute Gasteiger partial charge is 0.387 e. The second-order valence-corrected chi connectivity index (χ2v) is 3.49. The number of rotatable bonds is 3. The van der Waals surface area contributed by atoms with Gasteiger partial charge in [0.05, 0.1) is 12.7 Å². The van der Waals surface area contributed by atoms with Crippen molar-refractivity contribution in [3.05, 3.63) is 28.0 Å². The lowest BCUT2D eigenvalue weighted by Gasteiger charge is -2.08. The molecular formula is C9H6BrF3O3. The summed E-state index contributed by atoms with van der Waals surface area (Å²) in [6.45, 7) is -3.13. The van der Waals surface area contributed by atoms with E-state index in [4.69, 9.17) is 0 Å². The number of ether oxygens (including phenoxy) is 2. The van der Waals surface area contributed by atoms with Gasteiger partial charge in [-0.1, -0.05) is 0 Å². The van der Waals surface area contributed by atoms with Crippen molar-refractivity contribution in [2.45, 2.75) is 6.61 Å². The third-order valence-corrected chi connectivity index (χ3v) is 2.30. The summed E-state index contributed by atoms with van der Waals surface area (Å²) >= 11 is 2.92. The molecule has 0 aliphatic rings. The Kier molecular flexibility index (Phi) is 4.17. The van der Waals surface area contributed by atoms with Gasteiger partial charge in [-0.05, 0) is 28.1 Å². The Balaban J connectivity index is 3.11. The van der Waals surface area contributed by atoms with Crippen molar-refractivity contribution in [3.63, 3.8) is 0 Å². The van der Waals surface area contributed by atoms with E-state index in [1.165, 1.54) is 0 Å². The van der Waals surface area contributed by atoms with Gasteiger partial charge in [0.15, 0.2) is 11.6 Å². The van der Waals surface area contributed by atoms with Gasteiger partial charge in [0, 0.05) is 4.47 Å². The van der Waals surface area contributed by atoms with Gasteiger partial charge in [0.1, 0.15) is 0 Å². The maximum Gasteiger partial charge on any atom is 0.387 e. The quantitative estimate of drug-likeness (QED) is 0.805. The number of hydrogen-bond donors (Lipinski definition) is 0. The summed E-state index contributed by atoms with van der Waals surface area (Å²) in [5.41, 5.74) is -0.110. The van der Waals surface area contributed by atoms with E-state index in [0.29, 0.717) is 0 Å². The third-order valence-electron chi connectivity index (χ3n) is 1.64. The van der Waals surface area contributed by atoms with Gasteiger partial charge in [-0.2, -0.15) is 8.78 Å². The minimum Gasteiger partial charge on any atom is -0.465 e. The highest BCUT2D eigenvalue weighted by molar-refractivity contribution is 9.10. The van der Waals surface area contributed by atoms with Crippen LogP contribution in [0.15, 0.2) is 16.6 Å². The number of methoxy groups -OCH3 is 1. The monoisotopic (exact) mass is 298 g/mol. The molecule has 0 aliphatic carbocycles. The summed E-state index contributed by atoms with van der Waals surface area (Å²) in [6.07, 6.45) is 0. The first-order valence-electron chi connectivity index (χ1n) is 3.98. The first kappa shape index (κ1) is 12.8. The van der Waals surface area contributed by atoms with E-state index < -0.39 is 24.1 Å². The first-order valence-corrected chi connectivity index (χ1v) is 4.77. The van der Waals surface area contributed by atoms with Crippen LogP contribution in [0.2, 0.25) is 0 Å². The number of alkyl halides is 2. The molecule has 0 saturated carbocycles. The third kappa shape index (κ3) is 2.88. The highest BCUT2D eigenvalue weighted by Gasteiger charge is 2.17. The molecule has 88 valence electrons. The van der Waals surface area contributed by atoms with Crippen molar-refractivity contribution in [3.8, 4) is 5.75 Å². The van der Waals surface area contributed by atoms with Crippen LogP contribution in [0.5, 0.6) is 5.75 Å². The summed E-state index contributed by atoms with van der Waals surface area (Å²) in [5.74, 6) is -2.49. The largest absolute Gasteiger partial charge is 0.465 e. The van der Waals surface area contributed by atoms with Gasteiger partial charge < -0.3 is 9.47 Å². The first-order chi connectivity index (χ1) is 7.45. The predicted molar refractivity (Wildman–Crippen MR) is 52.1 cm³/mol. The zero-order chi connectivity index (χ0) is 12.3. The van der Waals surface area contributed by atoms with E-state index in [9.17, 15) is 18.0 Å². The highest BCUT2D eigenvalue weighted by Crippen LogP contribution is 2.28. The zero-order valence-corrected chi connectivity index (χ0v) is 9.55. The summed E-state index contributed by atoms with van der Waals surface area (Å²) < 4.78 is 45.3. The molecule has 0 radical (unpaired) electrons. The molecule has 0 bridgehead atoms. The van der Waals surface area contributed by atoms with Gasteiger partial charge >= 0.3 is 12.6 Å². The van der Waals surface area contributed by atoms with E-state index in [2.05, 4.69) is 25.4 Å². The van der Waals surface area contributed by atoms with Crippen LogP contribution >= 0.6 is 15.9 Å². The van der Waals surface area contributed by atoms with Gasteiger partial charge in [-0.25, -0.2) is 9.18 Å². The lowest BCUT2D eigenvalue weighted by molar-refractivity contribution is -0.0522. The molecule has 0 N–H and O–H groups in total. The van der Waals surface area contributed by atoms with Crippen molar-refractivity contribution in [1.82, 2.24) is 0 Å². The van der Waals surface area contributed by atoms with Crippen LogP contribution < -0.4 is 4.74 Å². The summed E-state index contributed by atoms with van der Waals surface area (Å²) in [6, 6.07) is 1.70. The fourth-order valence-electron chi connectivity index (χ4n) is 0.981. The Bertz CT molecular complexity index is 409. The number of esters is 1. The van der Waals surface area contributed by atoms with Crippen LogP contribution in [0, 0.1) is 5.82 Å². The highest BCUT2D eigenvalue weighted by atomic mass is 79.9. The Labute approximate surface area is 97.3 Å². The van der Waals surface area contributed by atoms with Crippen LogP contribution in [-0.2, 0) is 4.74 Å². The normalized spacial score (nSPS) is 10.4. The van der Waals surface area contributed by atoms with Gasteiger partial charge in [-0.15, -0.1) is 0 Å². The summed E-state index contributed by atoms with van der Waals surface area (Å²) in [7, 11) is 1.12. The lowest BCUT2D eigenvalue weighted by atomic mass is 10.2. The van der Waals surface area contributed by atoms with E-state index in [0.717, 1.165) is 19.2 Å². The van der Waals surface area contributed by atoms with E-state index >= 15 is 0 Å². The van der Waals surface area contributed by atoms with Crippen LogP contribution in [0.4, 0.5) is 13.2 Å². The van der Waals surface area contributed by atoms with Crippen LogP contribution in [0.3, 0.4) is 0 Å². The molecule has 0 atom stereocenters. The standard InChI is InChI=1S/C9H6BrF3O3/c1-15-8(14)4-2-6(11)7(3-5(4)10)16-9(12)13/h2-3,9H,1H3. The van der Waals surface area contributed by atoms with Crippen molar-refractivity contribution in [1.29, 1.82) is 0 Å². The van der Waals surface area contributed by atoms with E-state index in [-0.39, 0.29) is 10.0 Å². The van der Waals surface area contributed by atoms with Crippen LogP contribution in [0.1, 0.15) is 10.4 Å². The molecule has 3 nitrogen and oxygen atoms in total. The average molecular weight is 299 g/mol.